The summed E-state index contributed by atoms with van der Waals surface area (Å²) in [5.41, 5.74) is 5.76. The van der Waals surface area contributed by atoms with E-state index in [0.717, 1.165) is 16.2 Å². The summed E-state index contributed by atoms with van der Waals surface area (Å²) in [4.78, 5) is 97.4. The molecule has 3 aliphatic heterocycles. The maximum atomic E-state index is 14.5. The number of cyclic esters (lactones) is 1. The molecule has 1 aromatic heterocycles. The number of esters is 1. The molecule has 3 aliphatic rings. The van der Waals surface area contributed by atoms with Gasteiger partial charge in [-0.15, -0.1) is 11.3 Å². The van der Waals surface area contributed by atoms with Gasteiger partial charge in [0.1, 0.15) is 47.7 Å². The number of amidine groups is 1. The predicted octanol–water partition coefficient (Wildman–Crippen LogP) is 5.05. The van der Waals surface area contributed by atoms with Crippen LogP contribution in [0.5, 0.6) is 5.75 Å². The Balaban J connectivity index is 1.16. The second-order valence-corrected chi connectivity index (χ2v) is 21.7. The lowest BCUT2D eigenvalue weighted by Gasteiger charge is -2.45. The quantitative estimate of drug-likeness (QED) is 0.0193. The van der Waals surface area contributed by atoms with Crippen LogP contribution in [0.4, 0.5) is 19.5 Å². The van der Waals surface area contributed by atoms with Gasteiger partial charge in [0, 0.05) is 30.6 Å². The summed E-state index contributed by atoms with van der Waals surface area (Å²) in [6, 6.07) is 20.9. The van der Waals surface area contributed by atoms with E-state index in [2.05, 4.69) is 20.8 Å². The number of amides is 5. The van der Waals surface area contributed by atoms with E-state index in [4.69, 9.17) is 39.2 Å². The molecule has 24 nitrogen and oxygen atoms in total. The maximum Gasteiger partial charge on any atom is 0.413 e. The molecule has 3 fully saturated rings. The van der Waals surface area contributed by atoms with Crippen molar-refractivity contribution >= 4 is 74.4 Å². The molecule has 0 aliphatic carbocycles. The van der Waals surface area contributed by atoms with Gasteiger partial charge in [-0.25, -0.2) is 28.5 Å². The molecular formula is C50H59N9O15S2. The Morgan fingerprint density at radius 3 is 2.08 bits per heavy atom. The molecule has 4 aromatic rings. The minimum atomic E-state index is -5.17. The average molecular weight is 1090 g/mol. The number of nitrogens with one attached hydrogen (secondary N) is 2. The third-order valence-electron chi connectivity index (χ3n) is 11.5. The van der Waals surface area contributed by atoms with E-state index in [1.54, 1.807) is 111 Å². The molecule has 5 amide bonds. The Labute approximate surface area is 442 Å². The summed E-state index contributed by atoms with van der Waals surface area (Å²) in [6.45, 7) is 10.2. The zero-order chi connectivity index (χ0) is 55.0. The number of piperidine rings is 1. The van der Waals surface area contributed by atoms with Gasteiger partial charge >= 0.3 is 34.6 Å². The van der Waals surface area contributed by atoms with Gasteiger partial charge in [-0.2, -0.15) is 8.42 Å². The van der Waals surface area contributed by atoms with E-state index in [0.29, 0.717) is 42.6 Å². The van der Waals surface area contributed by atoms with Crippen molar-refractivity contribution in [2.45, 2.75) is 95.9 Å². The number of nitrogens with zero attached hydrogens (tertiary/aromatic N) is 6. The zero-order valence-electron chi connectivity index (χ0n) is 42.4. The number of aliphatic imine (C=N–C) groups is 1. The summed E-state index contributed by atoms with van der Waals surface area (Å²) >= 11 is 0.844. The highest BCUT2D eigenvalue weighted by atomic mass is 32.2. The fourth-order valence-electron chi connectivity index (χ4n) is 7.91. The number of ether oxygens (including phenoxy) is 5. The molecule has 0 radical (unpaired) electrons. The molecule has 0 bridgehead atoms. The van der Waals surface area contributed by atoms with E-state index in [-0.39, 0.29) is 52.0 Å². The molecular weight excluding hydrogens is 1030 g/mol. The number of likely N-dealkylation sites (tertiary alicyclic amines) is 1. The Kier molecular flexibility index (Phi) is 17.5. The maximum absolute atomic E-state index is 14.5. The second-order valence-electron chi connectivity index (χ2n) is 19.6. The Bertz CT molecular complexity index is 2880. The number of β-lactam (4-membered cyclic amide) rings is 1. The van der Waals surface area contributed by atoms with Crippen LogP contribution in [0, 0.1) is 0 Å². The molecule has 3 saturated heterocycles. The Morgan fingerprint density at radius 1 is 0.895 bits per heavy atom. The van der Waals surface area contributed by atoms with Gasteiger partial charge in [-0.05, 0) is 89.8 Å². The van der Waals surface area contributed by atoms with Gasteiger partial charge in [0.2, 0.25) is 0 Å². The number of rotatable bonds is 18. The first-order chi connectivity index (χ1) is 35.9. The molecule has 0 saturated carbocycles. The third kappa shape index (κ3) is 14.9. The van der Waals surface area contributed by atoms with Crippen LogP contribution in [0.15, 0.2) is 100 Å². The first kappa shape index (κ1) is 55.9. The van der Waals surface area contributed by atoms with Crippen molar-refractivity contribution in [1.82, 2.24) is 24.4 Å². The summed E-state index contributed by atoms with van der Waals surface area (Å²) < 4.78 is 62.7. The predicted molar refractivity (Wildman–Crippen MR) is 275 cm³/mol. The highest BCUT2D eigenvalue weighted by molar-refractivity contribution is 7.84. The second kappa shape index (κ2) is 23.8. The molecule has 0 spiro atoms. The summed E-state index contributed by atoms with van der Waals surface area (Å²) in [6.07, 6.45) is -3.65. The number of carbonyl (C=O) groups is 6. The molecule has 3 atom stereocenters. The number of oxime groups is 1. The minimum Gasteiger partial charge on any atom is -0.489 e. The number of carbonyl (C=O) groups excluding carboxylic acids is 6. The summed E-state index contributed by atoms with van der Waals surface area (Å²) in [5, 5.41) is 10.2. The topological polar surface area (TPSA) is 310 Å². The van der Waals surface area contributed by atoms with Gasteiger partial charge < -0.3 is 49.4 Å². The van der Waals surface area contributed by atoms with Crippen LogP contribution < -0.4 is 21.1 Å². The first-order valence-corrected chi connectivity index (χ1v) is 26.3. The molecule has 76 heavy (non-hydrogen) atoms. The van der Waals surface area contributed by atoms with Crippen molar-refractivity contribution in [3.05, 3.63) is 113 Å². The smallest absolute Gasteiger partial charge is 0.413 e. The number of anilines is 1. The summed E-state index contributed by atoms with van der Waals surface area (Å²) in [5.74, 6) is -2.95. The van der Waals surface area contributed by atoms with E-state index in [1.807, 2.05) is 20.8 Å². The molecule has 3 aromatic carbocycles. The van der Waals surface area contributed by atoms with E-state index >= 15 is 0 Å². The van der Waals surface area contributed by atoms with E-state index < -0.39 is 94.6 Å². The van der Waals surface area contributed by atoms with E-state index in [1.165, 1.54) is 5.38 Å². The molecule has 5 N–H and O–H groups in total. The number of nitrogens with two attached hydrogens (primary N) is 1. The molecule has 4 heterocycles. The van der Waals surface area contributed by atoms with Crippen LogP contribution in [-0.2, 0) is 48.5 Å². The number of benzene rings is 3. The van der Waals surface area contributed by atoms with E-state index in [9.17, 15) is 41.7 Å². The third-order valence-corrected chi connectivity index (χ3v) is 13.2. The zero-order valence-corrected chi connectivity index (χ0v) is 44.1. The summed E-state index contributed by atoms with van der Waals surface area (Å²) in [7, 11) is -5.17. The monoisotopic (exact) mass is 1090 g/mol. The number of thiazole rings is 1. The minimum absolute atomic E-state index is 0.0249. The van der Waals surface area contributed by atoms with Crippen LogP contribution in [-0.4, -0.2) is 154 Å². The standard InChI is InChI=1S/C50H59N9O15S2/c1-49(2,3)72-46(63)55-45-53-35(29-75-45)38(42(60)54-39-36(27-58-25-26-69-47(58)64)59(43(39)61)76(66,67)68)56-74-37(44(62)71-40(30-13-9-7-10-14-30)31-15-11-8-12-16-31)28-70-34-19-17-32(18-20-34)41(51)52-33-21-23-57(24-22-33)48(65)73-50(4,5)6/h7-20,29,33,36-37,39-40H,21-28H2,1-6H3,(H2,51,52)(H,54,60)(H,53,55,63)(H,66,67,68)/b56-38-/t36-,37+,39+/m1/s1. The van der Waals surface area contributed by atoms with Crippen molar-refractivity contribution in [3.8, 4) is 5.75 Å². The number of aromatic nitrogens is 1. The van der Waals surface area contributed by atoms with Gasteiger partial charge in [0.15, 0.2) is 16.9 Å². The first-order valence-electron chi connectivity index (χ1n) is 24.0. The highest BCUT2D eigenvalue weighted by Gasteiger charge is 2.55. The molecule has 406 valence electrons. The van der Waals surface area contributed by atoms with Gasteiger partial charge in [0.05, 0.1) is 18.6 Å². The lowest BCUT2D eigenvalue weighted by atomic mass is 9.97. The molecule has 26 heteroatoms. The fourth-order valence-corrected chi connectivity index (χ4v) is 9.46. The normalized spacial score (nSPS) is 18.1. The van der Waals surface area contributed by atoms with Crippen molar-refractivity contribution in [1.29, 1.82) is 0 Å². The largest absolute Gasteiger partial charge is 0.489 e. The van der Waals surface area contributed by atoms with Gasteiger partial charge in [0.25, 0.3) is 17.9 Å². The Morgan fingerprint density at radius 2 is 1.51 bits per heavy atom. The SMILES string of the molecule is CC(C)(C)OC(=O)Nc1nc(/C(=N/O[C@@H](COc2ccc(C(N)=NC3CCN(C(=O)OC(C)(C)C)CC3)cc2)C(=O)OC(c2ccccc2)c2ccccc2)C(=O)N[C@@H]2C(=O)N(S(=O)(=O)O)[C@@H]2CN2CCOC2=O)cs1. The van der Waals surface area contributed by atoms with Crippen molar-refractivity contribution < 1.29 is 70.3 Å². The number of hydrogen-bond acceptors (Lipinski definition) is 18. The van der Waals surface area contributed by atoms with Crippen LogP contribution >= 0.6 is 11.3 Å². The van der Waals surface area contributed by atoms with Crippen LogP contribution in [0.2, 0.25) is 0 Å². The highest BCUT2D eigenvalue weighted by Crippen LogP contribution is 2.29. The van der Waals surface area contributed by atoms with Crippen LogP contribution in [0.25, 0.3) is 0 Å². The van der Waals surface area contributed by atoms with Gasteiger partial charge in [-0.1, -0.05) is 65.8 Å². The van der Waals surface area contributed by atoms with Gasteiger partial charge in [-0.3, -0.25) is 24.5 Å². The lowest BCUT2D eigenvalue weighted by molar-refractivity contribution is -0.163. The van der Waals surface area contributed by atoms with Crippen LogP contribution in [0.3, 0.4) is 0 Å². The lowest BCUT2D eigenvalue weighted by Crippen LogP contribution is -2.74. The fraction of sp³-hybridized carbons (Fsp3) is 0.420. The van der Waals surface area contributed by atoms with Crippen molar-refractivity contribution in [2.75, 3.05) is 44.7 Å². The molecule has 0 unspecified atom stereocenters. The number of hydrogen-bond donors (Lipinski definition) is 4. The van der Waals surface area contributed by atoms with Crippen molar-refractivity contribution in [2.24, 2.45) is 15.9 Å². The Hall–Kier alpha value is -7.84. The van der Waals surface area contributed by atoms with Crippen molar-refractivity contribution in [3.63, 3.8) is 0 Å². The molecule has 7 rings (SSSR count). The van der Waals surface area contributed by atoms with Crippen LogP contribution in [0.1, 0.15) is 82.9 Å². The average Bonchev–Trinajstić information content (AvgIpc) is 4.00.